The Labute approximate surface area is 168 Å². The number of pyridine rings is 1. The zero-order valence-electron chi connectivity index (χ0n) is 16.2. The first-order valence-corrected chi connectivity index (χ1v) is 9.81. The lowest BCUT2D eigenvalue weighted by molar-refractivity contribution is 0.0787. The average molecular weight is 390 g/mol. The van der Waals surface area contributed by atoms with Crippen LogP contribution in [0.2, 0.25) is 0 Å². The molecular formula is C21H22N6O2. The van der Waals surface area contributed by atoms with Crippen LogP contribution in [0.25, 0.3) is 10.9 Å². The topological polar surface area (TPSA) is 74.6 Å². The first kappa shape index (κ1) is 17.7. The van der Waals surface area contributed by atoms with Crippen LogP contribution in [0.15, 0.2) is 48.9 Å². The number of carbonyl (C=O) groups excluding carboxylic acids is 2. The van der Waals surface area contributed by atoms with Gasteiger partial charge in [0.1, 0.15) is 0 Å². The van der Waals surface area contributed by atoms with Crippen molar-refractivity contribution in [3.05, 3.63) is 54.5 Å². The third-order valence-electron chi connectivity index (χ3n) is 5.79. The first-order chi connectivity index (χ1) is 14.1. The van der Waals surface area contributed by atoms with Crippen LogP contribution in [0.4, 0.5) is 10.5 Å². The van der Waals surface area contributed by atoms with E-state index in [4.69, 9.17) is 0 Å². The lowest BCUT2D eigenvalue weighted by atomic mass is 10.1. The van der Waals surface area contributed by atoms with Crippen molar-refractivity contribution < 1.29 is 9.59 Å². The van der Waals surface area contributed by atoms with Crippen molar-refractivity contribution in [1.29, 1.82) is 0 Å². The SMILES string of the molecule is CN1CCN(c2cnn(C3CCN(C(=O)c4ccc5ncccc5c4)C3)c2)C1=O. The highest BCUT2D eigenvalue weighted by Gasteiger charge is 2.31. The van der Waals surface area contributed by atoms with Gasteiger partial charge in [-0.25, -0.2) is 4.79 Å². The maximum absolute atomic E-state index is 13.0. The number of nitrogens with zero attached hydrogens (tertiary/aromatic N) is 6. The van der Waals surface area contributed by atoms with Gasteiger partial charge in [0, 0.05) is 56.6 Å². The Balaban J connectivity index is 1.30. The van der Waals surface area contributed by atoms with Crippen LogP contribution in [0.5, 0.6) is 0 Å². The quantitative estimate of drug-likeness (QED) is 0.688. The maximum Gasteiger partial charge on any atom is 0.324 e. The van der Waals surface area contributed by atoms with E-state index < -0.39 is 0 Å². The molecule has 8 heteroatoms. The largest absolute Gasteiger partial charge is 0.336 e. The Hall–Kier alpha value is -3.42. The summed E-state index contributed by atoms with van der Waals surface area (Å²) in [6.45, 7) is 2.69. The van der Waals surface area contributed by atoms with Gasteiger partial charge in [-0.2, -0.15) is 5.10 Å². The number of hydrogen-bond acceptors (Lipinski definition) is 4. The van der Waals surface area contributed by atoms with E-state index in [1.54, 1.807) is 29.2 Å². The van der Waals surface area contributed by atoms with Gasteiger partial charge in [-0.3, -0.25) is 19.4 Å². The number of anilines is 1. The summed E-state index contributed by atoms with van der Waals surface area (Å²) in [6.07, 6.45) is 6.24. The van der Waals surface area contributed by atoms with E-state index in [0.29, 0.717) is 25.2 Å². The first-order valence-electron chi connectivity index (χ1n) is 9.81. The van der Waals surface area contributed by atoms with Crippen molar-refractivity contribution in [1.82, 2.24) is 24.6 Å². The standard InChI is InChI=1S/C21H22N6O2/c1-24-9-10-26(21(24)29)18-12-23-27(14-18)17-6-8-25(13-17)20(28)16-4-5-19-15(11-16)3-2-7-22-19/h2-5,7,11-12,14,17H,6,8-10,13H2,1H3. The van der Waals surface area contributed by atoms with Crippen molar-refractivity contribution >= 4 is 28.5 Å². The van der Waals surface area contributed by atoms with Crippen LogP contribution in [-0.4, -0.2) is 69.7 Å². The van der Waals surface area contributed by atoms with Crippen molar-refractivity contribution in [2.45, 2.75) is 12.5 Å². The molecule has 8 nitrogen and oxygen atoms in total. The fraction of sp³-hybridized carbons (Fsp3) is 0.333. The van der Waals surface area contributed by atoms with Crippen LogP contribution in [0, 0.1) is 0 Å². The zero-order valence-corrected chi connectivity index (χ0v) is 16.2. The van der Waals surface area contributed by atoms with E-state index in [2.05, 4.69) is 10.1 Å². The minimum absolute atomic E-state index is 0.00132. The lowest BCUT2D eigenvalue weighted by Gasteiger charge is -2.17. The molecule has 0 spiro atoms. The molecule has 1 unspecified atom stereocenters. The number of rotatable bonds is 3. The van der Waals surface area contributed by atoms with E-state index in [9.17, 15) is 9.59 Å². The highest BCUT2D eigenvalue weighted by molar-refractivity contribution is 5.98. The second-order valence-corrected chi connectivity index (χ2v) is 7.64. The Kier molecular flexibility index (Phi) is 4.19. The second-order valence-electron chi connectivity index (χ2n) is 7.64. The summed E-state index contributed by atoms with van der Waals surface area (Å²) in [5, 5.41) is 5.43. The summed E-state index contributed by atoms with van der Waals surface area (Å²) in [6, 6.07) is 9.59. The monoisotopic (exact) mass is 390 g/mol. The van der Waals surface area contributed by atoms with Crippen LogP contribution in [0.1, 0.15) is 22.8 Å². The summed E-state index contributed by atoms with van der Waals surface area (Å²) >= 11 is 0. The molecule has 0 saturated carbocycles. The Morgan fingerprint density at radius 1 is 1.17 bits per heavy atom. The number of aromatic nitrogens is 3. The van der Waals surface area contributed by atoms with Crippen molar-refractivity contribution in [3.63, 3.8) is 0 Å². The van der Waals surface area contributed by atoms with E-state index in [1.165, 1.54) is 0 Å². The number of urea groups is 1. The fourth-order valence-corrected chi connectivity index (χ4v) is 4.09. The summed E-state index contributed by atoms with van der Waals surface area (Å²) in [5.74, 6) is 0.0296. The minimum Gasteiger partial charge on any atom is -0.336 e. The third-order valence-corrected chi connectivity index (χ3v) is 5.79. The van der Waals surface area contributed by atoms with Gasteiger partial charge in [-0.1, -0.05) is 6.07 Å². The Bertz CT molecular complexity index is 1090. The van der Waals surface area contributed by atoms with Crippen LogP contribution in [0.3, 0.4) is 0 Å². The van der Waals surface area contributed by atoms with Gasteiger partial charge >= 0.3 is 6.03 Å². The summed E-state index contributed by atoms with van der Waals surface area (Å²) in [7, 11) is 1.80. The molecule has 0 aliphatic carbocycles. The smallest absolute Gasteiger partial charge is 0.324 e. The molecule has 2 fully saturated rings. The lowest BCUT2D eigenvalue weighted by Crippen LogP contribution is -2.29. The number of benzene rings is 1. The average Bonchev–Trinajstić information content (AvgIpc) is 3.48. The zero-order chi connectivity index (χ0) is 20.0. The molecule has 2 aromatic heterocycles. The second kappa shape index (κ2) is 6.88. The van der Waals surface area contributed by atoms with Crippen molar-refractivity contribution in [3.8, 4) is 0 Å². The molecule has 1 aromatic carbocycles. The molecule has 148 valence electrons. The number of likely N-dealkylation sites (tertiary alicyclic amines) is 1. The van der Waals surface area contributed by atoms with Crippen LogP contribution < -0.4 is 4.90 Å². The molecule has 3 aromatic rings. The van der Waals surface area contributed by atoms with E-state index in [1.807, 2.05) is 46.1 Å². The van der Waals surface area contributed by atoms with Crippen molar-refractivity contribution in [2.75, 3.05) is 38.1 Å². The molecule has 3 amide bonds. The normalized spacial score (nSPS) is 19.6. The van der Waals surface area contributed by atoms with Gasteiger partial charge < -0.3 is 9.80 Å². The summed E-state index contributed by atoms with van der Waals surface area (Å²) in [4.78, 5) is 34.8. The Morgan fingerprint density at radius 3 is 2.90 bits per heavy atom. The van der Waals surface area contributed by atoms with Crippen LogP contribution in [-0.2, 0) is 0 Å². The molecule has 2 aliphatic heterocycles. The highest BCUT2D eigenvalue weighted by atomic mass is 16.2. The number of likely N-dealkylation sites (N-methyl/N-ethyl adjacent to an activating group) is 1. The molecule has 5 rings (SSSR count). The van der Waals surface area contributed by atoms with Gasteiger partial charge in [-0.15, -0.1) is 0 Å². The van der Waals surface area contributed by atoms with Gasteiger partial charge in [0.05, 0.1) is 23.4 Å². The summed E-state index contributed by atoms with van der Waals surface area (Å²) in [5.41, 5.74) is 2.37. The van der Waals surface area contributed by atoms with Crippen molar-refractivity contribution in [2.24, 2.45) is 0 Å². The molecule has 2 aliphatic rings. The van der Waals surface area contributed by atoms with Gasteiger partial charge in [-0.05, 0) is 30.7 Å². The molecular weight excluding hydrogens is 368 g/mol. The predicted octanol–water partition coefficient (Wildman–Crippen LogP) is 2.39. The molecule has 0 N–H and O–H groups in total. The highest BCUT2D eigenvalue weighted by Crippen LogP contribution is 2.26. The van der Waals surface area contributed by atoms with Gasteiger partial charge in [0.15, 0.2) is 0 Å². The van der Waals surface area contributed by atoms with Gasteiger partial charge in [0.2, 0.25) is 0 Å². The molecule has 4 heterocycles. The number of carbonyl (C=O) groups is 2. The molecule has 0 radical (unpaired) electrons. The number of hydrogen-bond donors (Lipinski definition) is 0. The number of fused-ring (bicyclic) bond motifs is 1. The van der Waals surface area contributed by atoms with Crippen LogP contribution >= 0.6 is 0 Å². The maximum atomic E-state index is 13.0. The molecule has 1 atom stereocenters. The fourth-order valence-electron chi connectivity index (χ4n) is 4.09. The molecule has 2 saturated heterocycles. The Morgan fingerprint density at radius 2 is 2.07 bits per heavy atom. The predicted molar refractivity (Wildman–Crippen MR) is 109 cm³/mol. The van der Waals surface area contributed by atoms with E-state index >= 15 is 0 Å². The van der Waals surface area contributed by atoms with E-state index in [-0.39, 0.29) is 18.0 Å². The van der Waals surface area contributed by atoms with E-state index in [0.717, 1.165) is 29.6 Å². The minimum atomic E-state index is -0.00132. The summed E-state index contributed by atoms with van der Waals surface area (Å²) < 4.78 is 1.89. The molecule has 0 bridgehead atoms. The van der Waals surface area contributed by atoms with Gasteiger partial charge in [0.25, 0.3) is 5.91 Å². The molecule has 29 heavy (non-hydrogen) atoms. The number of amides is 3. The third kappa shape index (κ3) is 3.10.